The highest BCUT2D eigenvalue weighted by Crippen LogP contribution is 2.25. The third kappa shape index (κ3) is 3.52. The summed E-state index contributed by atoms with van der Waals surface area (Å²) in [6, 6.07) is 10.2. The molecule has 1 aliphatic heterocycles. The lowest BCUT2D eigenvalue weighted by Gasteiger charge is -2.39. The quantitative estimate of drug-likeness (QED) is 0.884. The van der Waals surface area contributed by atoms with Gasteiger partial charge in [0.1, 0.15) is 5.75 Å². The molecule has 0 bridgehead atoms. The van der Waals surface area contributed by atoms with Gasteiger partial charge in [0.15, 0.2) is 0 Å². The van der Waals surface area contributed by atoms with E-state index in [1.54, 1.807) is 24.3 Å². The minimum Gasteiger partial charge on any atom is -0.497 e. The molecule has 0 aliphatic carbocycles. The number of piperazine rings is 1. The van der Waals surface area contributed by atoms with Crippen LogP contribution >= 0.6 is 0 Å². The predicted molar refractivity (Wildman–Crippen MR) is 96.4 cm³/mol. The second-order valence-electron chi connectivity index (χ2n) is 6.14. The van der Waals surface area contributed by atoms with Gasteiger partial charge in [0, 0.05) is 37.6 Å². The van der Waals surface area contributed by atoms with Gasteiger partial charge in [0.25, 0.3) is 0 Å². The lowest BCUT2D eigenvalue weighted by molar-refractivity contribution is -0.125. The first-order valence-electron chi connectivity index (χ1n) is 8.38. The summed E-state index contributed by atoms with van der Waals surface area (Å²) in [5.74, 6) is -0.343. The van der Waals surface area contributed by atoms with E-state index in [0.717, 1.165) is 5.69 Å². The Labute approximate surface area is 151 Å². The Bertz CT molecular complexity index is 824. The van der Waals surface area contributed by atoms with Crippen molar-refractivity contribution >= 4 is 17.6 Å². The first-order chi connectivity index (χ1) is 12.5. The largest absolute Gasteiger partial charge is 0.497 e. The van der Waals surface area contributed by atoms with Crippen LogP contribution in [0.15, 0.2) is 42.6 Å². The molecule has 0 radical (unpaired) electrons. The van der Waals surface area contributed by atoms with E-state index < -0.39 is 5.97 Å². The second-order valence-corrected chi connectivity index (χ2v) is 6.14. The smallest absolute Gasteiger partial charge is 0.337 e. The van der Waals surface area contributed by atoms with Crippen molar-refractivity contribution in [2.24, 2.45) is 0 Å². The monoisotopic (exact) mass is 355 g/mol. The van der Waals surface area contributed by atoms with E-state index in [1.807, 2.05) is 36.1 Å². The fourth-order valence-corrected chi connectivity index (χ4v) is 3.12. The van der Waals surface area contributed by atoms with E-state index in [4.69, 9.17) is 4.74 Å². The number of anilines is 1. The third-order valence-electron chi connectivity index (χ3n) is 4.62. The highest BCUT2D eigenvalue weighted by Gasteiger charge is 2.33. The summed E-state index contributed by atoms with van der Waals surface area (Å²) >= 11 is 0. The van der Waals surface area contributed by atoms with Crippen molar-refractivity contribution in [3.8, 4) is 5.75 Å². The number of amides is 1. The van der Waals surface area contributed by atoms with Crippen LogP contribution in [-0.4, -0.2) is 53.1 Å². The number of hydrogen-bond acceptors (Lipinski definition) is 5. The summed E-state index contributed by atoms with van der Waals surface area (Å²) in [5.41, 5.74) is 1.43. The number of aromatic carboxylic acids is 1. The predicted octanol–water partition coefficient (Wildman–Crippen LogP) is 2.03. The number of methoxy groups -OCH3 is 1. The van der Waals surface area contributed by atoms with Crippen LogP contribution in [0, 0.1) is 0 Å². The molecule has 0 saturated carbocycles. The molecule has 3 rings (SSSR count). The molecule has 7 nitrogen and oxygen atoms in total. The van der Waals surface area contributed by atoms with Gasteiger partial charge in [-0.05, 0) is 31.2 Å². The zero-order valence-corrected chi connectivity index (χ0v) is 14.8. The van der Waals surface area contributed by atoms with Gasteiger partial charge in [-0.3, -0.25) is 14.7 Å². The zero-order valence-electron chi connectivity index (χ0n) is 14.8. The summed E-state index contributed by atoms with van der Waals surface area (Å²) in [5, 5.41) is 9.31. The van der Waals surface area contributed by atoms with Crippen LogP contribution in [0.4, 0.5) is 5.69 Å². The van der Waals surface area contributed by atoms with Crippen molar-refractivity contribution < 1.29 is 19.4 Å². The number of ether oxygens (including phenoxy) is 1. The summed E-state index contributed by atoms with van der Waals surface area (Å²) in [6.07, 6.45) is 1.57. The number of aromatic nitrogens is 1. The topological polar surface area (TPSA) is 83.0 Å². The van der Waals surface area contributed by atoms with E-state index in [9.17, 15) is 14.7 Å². The fraction of sp³-hybridized carbons (Fsp3) is 0.316. The maximum Gasteiger partial charge on any atom is 0.337 e. The molecule has 1 aromatic heterocycles. The minimum atomic E-state index is -1.01. The molecule has 1 aliphatic rings. The second kappa shape index (κ2) is 7.53. The first-order valence-corrected chi connectivity index (χ1v) is 8.38. The van der Waals surface area contributed by atoms with Crippen LogP contribution in [-0.2, 0) is 11.3 Å². The van der Waals surface area contributed by atoms with E-state index in [2.05, 4.69) is 4.98 Å². The molecule has 26 heavy (non-hydrogen) atoms. The number of hydrogen-bond donors (Lipinski definition) is 1. The van der Waals surface area contributed by atoms with E-state index >= 15 is 0 Å². The van der Waals surface area contributed by atoms with Crippen LogP contribution in [0.25, 0.3) is 0 Å². The lowest BCUT2D eigenvalue weighted by atomic mass is 10.1. The standard InChI is InChI=1S/C19H21N3O4/c1-13-18(23)22(14-5-3-6-15(11-14)26-2)10-9-21(13)12-17-16(19(24)25)7-4-8-20-17/h3-8,11,13H,9-10,12H2,1-2H3,(H,24,25)/t13-/m1/s1. The Hall–Kier alpha value is -2.93. The van der Waals surface area contributed by atoms with E-state index in [0.29, 0.717) is 31.1 Å². The van der Waals surface area contributed by atoms with Gasteiger partial charge in [-0.2, -0.15) is 0 Å². The van der Waals surface area contributed by atoms with Gasteiger partial charge in [-0.15, -0.1) is 0 Å². The van der Waals surface area contributed by atoms with Crippen molar-refractivity contribution in [1.29, 1.82) is 0 Å². The van der Waals surface area contributed by atoms with Gasteiger partial charge in [-0.25, -0.2) is 4.79 Å². The number of benzene rings is 1. The molecule has 0 spiro atoms. The molecule has 1 aromatic carbocycles. The fourth-order valence-electron chi connectivity index (χ4n) is 3.12. The Morgan fingerprint density at radius 1 is 1.31 bits per heavy atom. The number of carboxylic acid groups (broad SMARTS) is 1. The molecule has 1 fully saturated rings. The lowest BCUT2D eigenvalue weighted by Crippen LogP contribution is -2.55. The van der Waals surface area contributed by atoms with Crippen LogP contribution < -0.4 is 9.64 Å². The van der Waals surface area contributed by atoms with E-state index in [1.165, 1.54) is 6.07 Å². The maximum absolute atomic E-state index is 12.9. The molecular formula is C19H21N3O4. The highest BCUT2D eigenvalue weighted by molar-refractivity contribution is 5.98. The van der Waals surface area contributed by atoms with Crippen molar-refractivity contribution in [3.63, 3.8) is 0 Å². The van der Waals surface area contributed by atoms with Gasteiger partial charge in [-0.1, -0.05) is 6.07 Å². The molecule has 1 N–H and O–H groups in total. The number of carbonyl (C=O) groups excluding carboxylic acids is 1. The molecule has 7 heteroatoms. The number of rotatable bonds is 5. The summed E-state index contributed by atoms with van der Waals surface area (Å²) in [4.78, 5) is 32.1. The van der Waals surface area contributed by atoms with Crippen molar-refractivity contribution in [3.05, 3.63) is 53.9 Å². The Kier molecular flexibility index (Phi) is 5.18. The van der Waals surface area contributed by atoms with Crippen molar-refractivity contribution in [2.75, 3.05) is 25.1 Å². The van der Waals surface area contributed by atoms with Gasteiger partial charge in [0.05, 0.1) is 24.4 Å². The molecule has 1 saturated heterocycles. The normalized spacial score (nSPS) is 18.0. The molecular weight excluding hydrogens is 334 g/mol. The summed E-state index contributed by atoms with van der Waals surface area (Å²) < 4.78 is 5.23. The Balaban J connectivity index is 1.77. The maximum atomic E-state index is 12.9. The zero-order chi connectivity index (χ0) is 18.7. The van der Waals surface area contributed by atoms with Crippen LogP contribution in [0.1, 0.15) is 23.0 Å². The number of nitrogens with zero attached hydrogens (tertiary/aromatic N) is 3. The summed E-state index contributed by atoms with van der Waals surface area (Å²) in [6.45, 7) is 3.30. The Morgan fingerprint density at radius 2 is 2.12 bits per heavy atom. The number of carboxylic acids is 1. The molecule has 2 heterocycles. The first kappa shape index (κ1) is 17.9. The molecule has 2 aromatic rings. The molecule has 0 unspecified atom stereocenters. The SMILES string of the molecule is COc1cccc(N2CCN(Cc3ncccc3C(=O)O)[C@H](C)C2=O)c1. The third-order valence-corrected chi connectivity index (χ3v) is 4.62. The van der Waals surface area contributed by atoms with Gasteiger partial charge >= 0.3 is 5.97 Å². The van der Waals surface area contributed by atoms with Crippen molar-refractivity contribution in [1.82, 2.24) is 9.88 Å². The highest BCUT2D eigenvalue weighted by atomic mass is 16.5. The summed E-state index contributed by atoms with van der Waals surface area (Å²) in [7, 11) is 1.59. The van der Waals surface area contributed by atoms with E-state index in [-0.39, 0.29) is 17.5 Å². The molecule has 1 amide bonds. The van der Waals surface area contributed by atoms with Crippen LogP contribution in [0.2, 0.25) is 0 Å². The van der Waals surface area contributed by atoms with Crippen LogP contribution in [0.5, 0.6) is 5.75 Å². The number of pyridine rings is 1. The van der Waals surface area contributed by atoms with Crippen LogP contribution in [0.3, 0.4) is 0 Å². The van der Waals surface area contributed by atoms with Crippen molar-refractivity contribution in [2.45, 2.75) is 19.5 Å². The molecule has 136 valence electrons. The minimum absolute atomic E-state index is 0.0303. The average Bonchev–Trinajstić information content (AvgIpc) is 2.66. The van der Waals surface area contributed by atoms with Gasteiger partial charge in [0.2, 0.25) is 5.91 Å². The molecule has 1 atom stereocenters. The Morgan fingerprint density at radius 3 is 2.85 bits per heavy atom. The average molecular weight is 355 g/mol. The number of carbonyl (C=O) groups is 2. The van der Waals surface area contributed by atoms with Gasteiger partial charge < -0.3 is 14.7 Å².